The Bertz CT molecular complexity index is 558. The van der Waals surface area contributed by atoms with Crippen LogP contribution in [0.2, 0.25) is 17.7 Å². The van der Waals surface area contributed by atoms with Gasteiger partial charge in [0.25, 0.3) is 0 Å². The number of rotatable bonds is 32. The first-order valence-corrected chi connectivity index (χ1v) is 31.2. The van der Waals surface area contributed by atoms with Gasteiger partial charge < -0.3 is 0 Å². The van der Waals surface area contributed by atoms with E-state index in [0.29, 0.717) is 0 Å². The molecule has 7 heteroatoms. The molecule has 0 aromatic carbocycles. The number of methoxy groups -OCH3 is 1. The van der Waals surface area contributed by atoms with Crippen LogP contribution < -0.4 is 0 Å². The summed E-state index contributed by atoms with van der Waals surface area (Å²) in [6.07, 6.45) is 29.7. The summed E-state index contributed by atoms with van der Waals surface area (Å²) in [7, 11) is 3.38. The van der Waals surface area contributed by atoms with Gasteiger partial charge in [0.2, 0.25) is 0 Å². The second-order valence-corrected chi connectivity index (χ2v) is 35.1. The molecule has 0 saturated heterocycles. The Morgan fingerprint density at radius 1 is 0.429 bits per heavy atom. The summed E-state index contributed by atoms with van der Waals surface area (Å²) in [6.45, 7) is 9.10. The molecule has 0 N–H and O–H groups in total. The van der Waals surface area contributed by atoms with E-state index in [1.807, 2.05) is 7.11 Å². The minimum absolute atomic E-state index is 0.516. The fourth-order valence-electron chi connectivity index (χ4n) is 6.05. The average Bonchev–Trinajstić information content (AvgIpc) is 3.00. The predicted octanol–water partition coefficient (Wildman–Crippen LogP) is 12.8. The zero-order valence-electron chi connectivity index (χ0n) is 29.3. The standard InChI is InChI=1S/4C8H17.C2H4O3.CH3O.O.2Sn/c4*1-3-5-7-8-6-4-2;1-5-2(3)4;1-2;;;/h4*1,3-8H2,2H3;1H3,(H,3,4);1H3;;;/q;;;;;-1;;2*+1/p-1. The van der Waals surface area contributed by atoms with Crippen LogP contribution in [0.5, 0.6) is 0 Å². The van der Waals surface area contributed by atoms with Crippen LogP contribution in [0, 0.1) is 0 Å². The van der Waals surface area contributed by atoms with Gasteiger partial charge in [-0.3, -0.25) is 0 Å². The molecule has 252 valence electrons. The first-order chi connectivity index (χ1) is 20.5. The molecule has 5 nitrogen and oxygen atoms in total. The zero-order valence-corrected chi connectivity index (χ0v) is 35.0. The third-order valence-electron chi connectivity index (χ3n) is 8.82. The van der Waals surface area contributed by atoms with Crippen molar-refractivity contribution in [1.29, 1.82) is 0 Å². The molecular formula is C35H74O5Sn2. The number of hydrogen-bond acceptors (Lipinski definition) is 5. The number of unbranched alkanes of at least 4 members (excludes halogenated alkanes) is 20. The van der Waals surface area contributed by atoms with Gasteiger partial charge in [-0.2, -0.15) is 0 Å². The van der Waals surface area contributed by atoms with Crippen molar-refractivity contribution in [3.8, 4) is 0 Å². The van der Waals surface area contributed by atoms with Crippen LogP contribution in [0.3, 0.4) is 0 Å². The van der Waals surface area contributed by atoms with Crippen molar-refractivity contribution in [1.82, 2.24) is 0 Å². The third-order valence-corrected chi connectivity index (χ3v) is 41.6. The van der Waals surface area contributed by atoms with Crippen molar-refractivity contribution in [2.24, 2.45) is 0 Å². The van der Waals surface area contributed by atoms with Gasteiger partial charge in [-0.05, 0) is 0 Å². The predicted molar refractivity (Wildman–Crippen MR) is 186 cm³/mol. The van der Waals surface area contributed by atoms with Crippen LogP contribution >= 0.6 is 0 Å². The van der Waals surface area contributed by atoms with Gasteiger partial charge in [-0.15, -0.1) is 0 Å². The fourth-order valence-corrected chi connectivity index (χ4v) is 46.0. The molecule has 0 bridgehead atoms. The summed E-state index contributed by atoms with van der Waals surface area (Å²) in [5.74, 6) is 0. The quantitative estimate of drug-likeness (QED) is 0.0385. The van der Waals surface area contributed by atoms with Gasteiger partial charge >= 0.3 is 275 Å². The van der Waals surface area contributed by atoms with Crippen molar-refractivity contribution in [2.75, 3.05) is 14.2 Å². The summed E-state index contributed by atoms with van der Waals surface area (Å²) in [4.78, 5) is 12.8. The maximum atomic E-state index is 12.8. The first-order valence-electron chi connectivity index (χ1n) is 18.5. The molecular weight excluding hydrogens is 738 g/mol. The molecule has 0 aromatic heterocycles. The molecule has 0 fully saturated rings. The summed E-state index contributed by atoms with van der Waals surface area (Å²) < 4.78 is 29.8. The zero-order chi connectivity index (χ0) is 31.2. The van der Waals surface area contributed by atoms with Crippen LogP contribution in [0.15, 0.2) is 0 Å². The Kier molecular flexibility index (Phi) is 31.0. The molecule has 0 heterocycles. The van der Waals surface area contributed by atoms with Crippen molar-refractivity contribution in [3.05, 3.63) is 0 Å². The second kappa shape index (κ2) is 30.4. The van der Waals surface area contributed by atoms with Crippen LogP contribution in [-0.2, 0) is 12.3 Å². The number of carbonyl (C=O) groups excluding carboxylic acids is 1. The van der Waals surface area contributed by atoms with E-state index in [-0.39, 0.29) is 0 Å². The third kappa shape index (κ3) is 23.2. The van der Waals surface area contributed by atoms with Crippen LogP contribution in [0.1, 0.15) is 182 Å². The monoisotopic (exact) mass is 814 g/mol. The van der Waals surface area contributed by atoms with Crippen LogP contribution in [0.4, 0.5) is 4.79 Å². The van der Waals surface area contributed by atoms with Gasteiger partial charge in [-0.25, -0.2) is 0 Å². The van der Waals surface area contributed by atoms with E-state index in [4.69, 9.17) is 12.3 Å². The Labute approximate surface area is 273 Å². The second-order valence-electron chi connectivity index (χ2n) is 12.8. The van der Waals surface area contributed by atoms with Gasteiger partial charge in [-0.1, -0.05) is 0 Å². The molecule has 42 heavy (non-hydrogen) atoms. The van der Waals surface area contributed by atoms with E-state index in [9.17, 15) is 4.79 Å². The normalized spacial score (nSPS) is 12.1. The summed E-state index contributed by atoms with van der Waals surface area (Å²) in [5.41, 5.74) is 0. The number of carbonyl (C=O) groups is 1. The molecule has 0 amide bonds. The maximum absolute atomic E-state index is 12.8. The summed E-state index contributed by atoms with van der Waals surface area (Å²) in [6, 6.07) is 0. The summed E-state index contributed by atoms with van der Waals surface area (Å²) in [5, 5.41) is 0. The van der Waals surface area contributed by atoms with Crippen molar-refractivity contribution < 1.29 is 17.1 Å². The topological polar surface area (TPSA) is 54.0 Å². The van der Waals surface area contributed by atoms with Gasteiger partial charge in [0.05, 0.1) is 0 Å². The van der Waals surface area contributed by atoms with E-state index < -0.39 is 44.6 Å². The van der Waals surface area contributed by atoms with Crippen molar-refractivity contribution in [2.45, 2.75) is 200 Å². The van der Waals surface area contributed by atoms with E-state index in [2.05, 4.69) is 27.7 Å². The van der Waals surface area contributed by atoms with E-state index in [1.54, 1.807) is 0 Å². The molecule has 0 rings (SSSR count). The molecule has 0 aromatic rings. The van der Waals surface area contributed by atoms with Gasteiger partial charge in [0.15, 0.2) is 0 Å². The van der Waals surface area contributed by atoms with Gasteiger partial charge in [0, 0.05) is 0 Å². The number of ether oxygens (including phenoxy) is 1. The Morgan fingerprint density at radius 2 is 0.714 bits per heavy atom. The first kappa shape index (κ1) is 42.8. The Hall–Kier alpha value is 0.787. The summed E-state index contributed by atoms with van der Waals surface area (Å²) >= 11 is -7.31. The molecule has 0 unspecified atom stereocenters. The molecule has 0 saturated carbocycles. The van der Waals surface area contributed by atoms with Gasteiger partial charge in [0.1, 0.15) is 0 Å². The molecule has 0 aliphatic rings. The minimum atomic E-state index is -3.83. The SMILES string of the molecule is CCCCCCC[CH2][Sn]([CH2]CCCCCCC)([O]C)[O][Sn]([CH2]CCCCCCC)([CH2]CCCCCCC)[O]C(=O)OC. The van der Waals surface area contributed by atoms with E-state index >= 15 is 0 Å². The van der Waals surface area contributed by atoms with Crippen LogP contribution in [-0.4, -0.2) is 58.8 Å². The van der Waals surface area contributed by atoms with E-state index in [0.717, 1.165) is 30.6 Å². The Morgan fingerprint density at radius 3 is 1.00 bits per heavy atom. The average molecular weight is 812 g/mol. The van der Waals surface area contributed by atoms with Crippen LogP contribution in [0.25, 0.3) is 0 Å². The molecule has 0 spiro atoms. The fraction of sp³-hybridized carbons (Fsp3) is 0.971. The molecule has 0 radical (unpaired) electrons. The van der Waals surface area contributed by atoms with E-state index in [1.165, 1.54) is 148 Å². The van der Waals surface area contributed by atoms with Crippen molar-refractivity contribution >= 4 is 44.6 Å². The molecule has 0 aliphatic carbocycles. The molecule has 0 aliphatic heterocycles. The Balaban J connectivity index is 5.83. The van der Waals surface area contributed by atoms with Crippen molar-refractivity contribution in [3.63, 3.8) is 0 Å². The molecule has 0 atom stereocenters. The number of hydrogen-bond donors (Lipinski definition) is 0.